The van der Waals surface area contributed by atoms with Crippen LogP contribution in [0.25, 0.3) is 5.69 Å². The van der Waals surface area contributed by atoms with Gasteiger partial charge >= 0.3 is 0 Å². The minimum absolute atomic E-state index is 0.0788. The Morgan fingerprint density at radius 1 is 1.30 bits per heavy atom. The number of nitrogens with zero attached hydrogens (tertiary/aromatic N) is 3. The summed E-state index contributed by atoms with van der Waals surface area (Å²) in [6.45, 7) is 2.42. The molecule has 118 valence electrons. The maximum Gasteiger partial charge on any atom is 0.230 e. The van der Waals surface area contributed by atoms with Crippen molar-refractivity contribution < 1.29 is 9.21 Å². The van der Waals surface area contributed by atoms with Crippen LogP contribution >= 0.6 is 11.8 Å². The van der Waals surface area contributed by atoms with Crippen LogP contribution in [0.3, 0.4) is 0 Å². The van der Waals surface area contributed by atoms with Gasteiger partial charge in [-0.15, -0.1) is 10.2 Å². The highest BCUT2D eigenvalue weighted by molar-refractivity contribution is 7.99. The molecule has 0 unspecified atom stereocenters. The van der Waals surface area contributed by atoms with Crippen LogP contribution in [0.4, 0.5) is 0 Å². The normalized spacial score (nSPS) is 10.7. The summed E-state index contributed by atoms with van der Waals surface area (Å²) in [6.07, 6.45) is 3.23. The molecule has 3 rings (SSSR count). The van der Waals surface area contributed by atoms with Crippen LogP contribution in [-0.2, 0) is 11.3 Å². The first-order valence-corrected chi connectivity index (χ1v) is 8.10. The molecule has 1 aromatic carbocycles. The largest absolute Gasteiger partial charge is 0.467 e. The topological polar surface area (TPSA) is 73.0 Å². The summed E-state index contributed by atoms with van der Waals surface area (Å²) in [5.74, 6) is 0.918. The summed E-state index contributed by atoms with van der Waals surface area (Å²) in [7, 11) is 0. The maximum absolute atomic E-state index is 11.9. The zero-order valence-electron chi connectivity index (χ0n) is 12.6. The van der Waals surface area contributed by atoms with E-state index in [1.807, 2.05) is 41.8 Å². The van der Waals surface area contributed by atoms with E-state index in [0.717, 1.165) is 11.4 Å². The third kappa shape index (κ3) is 4.01. The predicted octanol–water partition coefficient (Wildman–Crippen LogP) is 2.58. The number of amides is 1. The second-order valence-corrected chi connectivity index (χ2v) is 5.91. The number of nitrogens with one attached hydrogen (secondary N) is 1. The summed E-state index contributed by atoms with van der Waals surface area (Å²) in [6, 6.07) is 11.7. The summed E-state index contributed by atoms with van der Waals surface area (Å²) < 4.78 is 7.04. The monoisotopic (exact) mass is 328 g/mol. The number of thioether (sulfide) groups is 1. The molecule has 0 aliphatic heterocycles. The number of furan rings is 1. The molecule has 3 aromatic rings. The number of aryl methyl sites for hydroxylation is 1. The van der Waals surface area contributed by atoms with Gasteiger partial charge in [-0.1, -0.05) is 29.5 Å². The number of rotatable bonds is 6. The quantitative estimate of drug-likeness (QED) is 0.704. The lowest BCUT2D eigenvalue weighted by Gasteiger charge is -2.07. The smallest absolute Gasteiger partial charge is 0.230 e. The Balaban J connectivity index is 1.57. The van der Waals surface area contributed by atoms with E-state index in [-0.39, 0.29) is 11.7 Å². The standard InChI is InChI=1S/C16H16N4O2S/c1-12-4-6-13(7-5-12)20-11-18-19-16(20)23-10-15(21)17-9-14-3-2-8-22-14/h2-8,11H,9-10H2,1H3,(H,17,21). The Labute approximate surface area is 137 Å². The van der Waals surface area contributed by atoms with E-state index < -0.39 is 0 Å². The lowest BCUT2D eigenvalue weighted by Crippen LogP contribution is -2.24. The summed E-state index contributed by atoms with van der Waals surface area (Å²) in [5, 5.41) is 11.5. The zero-order chi connectivity index (χ0) is 16.1. The van der Waals surface area contributed by atoms with Gasteiger partial charge in [0, 0.05) is 5.69 Å². The summed E-state index contributed by atoms with van der Waals surface area (Å²) >= 11 is 1.34. The lowest BCUT2D eigenvalue weighted by atomic mass is 10.2. The second kappa shape index (κ2) is 7.15. The van der Waals surface area contributed by atoms with Gasteiger partial charge in [0.15, 0.2) is 5.16 Å². The molecule has 2 aromatic heterocycles. The molecule has 1 amide bonds. The van der Waals surface area contributed by atoms with Crippen molar-refractivity contribution in [3.8, 4) is 5.69 Å². The van der Waals surface area contributed by atoms with Crippen LogP contribution < -0.4 is 5.32 Å². The van der Waals surface area contributed by atoms with Crippen molar-refractivity contribution in [2.24, 2.45) is 0 Å². The van der Waals surface area contributed by atoms with E-state index in [1.165, 1.54) is 17.3 Å². The number of aromatic nitrogens is 3. The number of hydrogen-bond donors (Lipinski definition) is 1. The molecule has 0 fully saturated rings. The molecule has 1 N–H and O–H groups in total. The maximum atomic E-state index is 11.9. The van der Waals surface area contributed by atoms with Gasteiger partial charge in [0.2, 0.25) is 5.91 Å². The summed E-state index contributed by atoms with van der Waals surface area (Å²) in [5.41, 5.74) is 2.16. The molecule has 0 spiro atoms. The predicted molar refractivity (Wildman–Crippen MR) is 87.4 cm³/mol. The van der Waals surface area contributed by atoms with E-state index in [1.54, 1.807) is 18.7 Å². The first kappa shape index (κ1) is 15.4. The Bertz CT molecular complexity index is 766. The molecule has 0 aliphatic carbocycles. The van der Waals surface area contributed by atoms with Gasteiger partial charge in [0.1, 0.15) is 12.1 Å². The van der Waals surface area contributed by atoms with Crippen molar-refractivity contribution in [3.05, 3.63) is 60.3 Å². The molecule has 6 nitrogen and oxygen atoms in total. The average molecular weight is 328 g/mol. The van der Waals surface area contributed by atoms with Crippen LogP contribution in [0.2, 0.25) is 0 Å². The van der Waals surface area contributed by atoms with Crippen LogP contribution in [-0.4, -0.2) is 26.4 Å². The molecule has 23 heavy (non-hydrogen) atoms. The Kier molecular flexibility index (Phi) is 4.77. The highest BCUT2D eigenvalue weighted by Gasteiger charge is 2.10. The highest BCUT2D eigenvalue weighted by Crippen LogP contribution is 2.19. The van der Waals surface area contributed by atoms with Crippen molar-refractivity contribution in [2.75, 3.05) is 5.75 Å². The molecule has 0 radical (unpaired) electrons. The molecular formula is C16H16N4O2S. The third-order valence-corrected chi connectivity index (χ3v) is 4.14. The molecule has 0 saturated carbocycles. The van der Waals surface area contributed by atoms with Gasteiger partial charge in [-0.25, -0.2) is 0 Å². The molecule has 0 bridgehead atoms. The number of carbonyl (C=O) groups excluding carboxylic acids is 1. The van der Waals surface area contributed by atoms with Crippen LogP contribution in [0, 0.1) is 6.92 Å². The fourth-order valence-corrected chi connectivity index (χ4v) is 2.74. The minimum Gasteiger partial charge on any atom is -0.467 e. The van der Waals surface area contributed by atoms with Crippen LogP contribution in [0.15, 0.2) is 58.6 Å². The number of benzene rings is 1. The summed E-state index contributed by atoms with van der Waals surface area (Å²) in [4.78, 5) is 11.9. The zero-order valence-corrected chi connectivity index (χ0v) is 13.4. The van der Waals surface area contributed by atoms with Gasteiger partial charge in [0.25, 0.3) is 0 Å². The van der Waals surface area contributed by atoms with Crippen molar-refractivity contribution in [2.45, 2.75) is 18.6 Å². The van der Waals surface area contributed by atoms with Gasteiger partial charge in [-0.2, -0.15) is 0 Å². The number of carbonyl (C=O) groups is 1. The van der Waals surface area contributed by atoms with E-state index >= 15 is 0 Å². The Morgan fingerprint density at radius 2 is 2.13 bits per heavy atom. The van der Waals surface area contributed by atoms with Crippen LogP contribution in [0.5, 0.6) is 0 Å². The van der Waals surface area contributed by atoms with Gasteiger partial charge in [-0.3, -0.25) is 9.36 Å². The molecule has 2 heterocycles. The Hall–Kier alpha value is -2.54. The minimum atomic E-state index is -0.0788. The first-order chi connectivity index (χ1) is 11.2. The molecule has 0 aliphatic rings. The molecule has 0 saturated heterocycles. The van der Waals surface area contributed by atoms with Crippen molar-refractivity contribution in [1.29, 1.82) is 0 Å². The fraction of sp³-hybridized carbons (Fsp3) is 0.188. The van der Waals surface area contributed by atoms with Gasteiger partial charge in [0.05, 0.1) is 18.6 Å². The number of hydrogen-bond acceptors (Lipinski definition) is 5. The fourth-order valence-electron chi connectivity index (χ4n) is 1.99. The van der Waals surface area contributed by atoms with Crippen molar-refractivity contribution in [1.82, 2.24) is 20.1 Å². The van der Waals surface area contributed by atoms with Gasteiger partial charge < -0.3 is 9.73 Å². The highest BCUT2D eigenvalue weighted by atomic mass is 32.2. The molecular weight excluding hydrogens is 312 g/mol. The first-order valence-electron chi connectivity index (χ1n) is 7.11. The lowest BCUT2D eigenvalue weighted by molar-refractivity contribution is -0.118. The Morgan fingerprint density at radius 3 is 2.87 bits per heavy atom. The van der Waals surface area contributed by atoms with E-state index in [2.05, 4.69) is 15.5 Å². The molecule has 0 atom stereocenters. The molecule has 7 heteroatoms. The van der Waals surface area contributed by atoms with E-state index in [9.17, 15) is 4.79 Å². The van der Waals surface area contributed by atoms with E-state index in [0.29, 0.717) is 11.7 Å². The van der Waals surface area contributed by atoms with Crippen molar-refractivity contribution in [3.63, 3.8) is 0 Å². The van der Waals surface area contributed by atoms with Crippen LogP contribution in [0.1, 0.15) is 11.3 Å². The van der Waals surface area contributed by atoms with Crippen molar-refractivity contribution >= 4 is 17.7 Å². The average Bonchev–Trinajstić information content (AvgIpc) is 3.23. The second-order valence-electron chi connectivity index (χ2n) is 4.96. The van der Waals surface area contributed by atoms with Gasteiger partial charge in [-0.05, 0) is 31.2 Å². The van der Waals surface area contributed by atoms with E-state index in [4.69, 9.17) is 4.42 Å². The SMILES string of the molecule is Cc1ccc(-n2cnnc2SCC(=O)NCc2ccco2)cc1. The third-order valence-electron chi connectivity index (χ3n) is 3.20.